The quantitative estimate of drug-likeness (QED) is 0.749. The normalized spacial score (nSPS) is 11.3. The van der Waals surface area contributed by atoms with Crippen molar-refractivity contribution in [1.29, 1.82) is 0 Å². The molecule has 1 N–H and O–H groups in total. The molecule has 0 bridgehead atoms. The van der Waals surface area contributed by atoms with Crippen molar-refractivity contribution in [3.05, 3.63) is 29.6 Å². The maximum Gasteiger partial charge on any atom is 0.337 e. The molecule has 0 aliphatic carbocycles. The predicted molar refractivity (Wildman–Crippen MR) is 46.5 cm³/mol. The van der Waals surface area contributed by atoms with E-state index >= 15 is 0 Å². The number of halogens is 1. The maximum atomic E-state index is 12.6. The number of rotatable bonds is 2. The van der Waals surface area contributed by atoms with Gasteiger partial charge >= 0.3 is 5.97 Å². The molecule has 14 heavy (non-hydrogen) atoms. The highest BCUT2D eigenvalue weighted by Gasteiger charge is 2.18. The minimum Gasteiger partial charge on any atom is -0.478 e. The molecule has 1 rings (SSSR count). The van der Waals surface area contributed by atoms with E-state index in [4.69, 9.17) is 5.11 Å². The van der Waals surface area contributed by atoms with Gasteiger partial charge in [-0.05, 0) is 18.2 Å². The van der Waals surface area contributed by atoms with Crippen molar-refractivity contribution in [1.82, 2.24) is 0 Å². The molecule has 0 aliphatic rings. The van der Waals surface area contributed by atoms with Crippen LogP contribution < -0.4 is 0 Å². The van der Waals surface area contributed by atoms with Gasteiger partial charge in [0.25, 0.3) is 0 Å². The van der Waals surface area contributed by atoms with Gasteiger partial charge in [0.05, 0.1) is 10.5 Å². The van der Waals surface area contributed by atoms with Crippen LogP contribution in [0.25, 0.3) is 0 Å². The minimum absolute atomic E-state index is 0.383. The average molecular weight is 218 g/mol. The number of carbonyl (C=O) groups is 1. The van der Waals surface area contributed by atoms with E-state index in [1.807, 2.05) is 0 Å². The third kappa shape index (κ3) is 2.08. The summed E-state index contributed by atoms with van der Waals surface area (Å²) in [5.74, 6) is -2.25. The first-order valence-electron chi connectivity index (χ1n) is 3.55. The van der Waals surface area contributed by atoms with Gasteiger partial charge < -0.3 is 5.11 Å². The van der Waals surface area contributed by atoms with Crippen molar-refractivity contribution in [2.24, 2.45) is 0 Å². The second-order valence-corrected chi connectivity index (χ2v) is 4.70. The molecule has 0 aromatic heterocycles. The number of hydrogen-bond acceptors (Lipinski definition) is 3. The standard InChI is InChI=1S/C8H7FO4S/c1-14(12,13)7-3-2-5(9)4-6(7)8(10)11/h2-4H,1H3,(H,10,11). The van der Waals surface area contributed by atoms with Crippen LogP contribution in [0.15, 0.2) is 23.1 Å². The average Bonchev–Trinajstić information content (AvgIpc) is 2.01. The van der Waals surface area contributed by atoms with Crippen LogP contribution in [0.3, 0.4) is 0 Å². The molecule has 0 radical (unpaired) electrons. The van der Waals surface area contributed by atoms with Crippen molar-refractivity contribution in [3.63, 3.8) is 0 Å². The van der Waals surface area contributed by atoms with E-state index in [2.05, 4.69) is 0 Å². The van der Waals surface area contributed by atoms with Crippen molar-refractivity contribution < 1.29 is 22.7 Å². The Morgan fingerprint density at radius 2 is 2.00 bits per heavy atom. The molecule has 0 atom stereocenters. The molecule has 0 unspecified atom stereocenters. The van der Waals surface area contributed by atoms with Crippen LogP contribution in [-0.2, 0) is 9.84 Å². The van der Waals surface area contributed by atoms with Gasteiger partial charge in [-0.2, -0.15) is 0 Å². The Balaban J connectivity index is 3.53. The first-order chi connectivity index (χ1) is 6.32. The summed E-state index contributed by atoms with van der Waals surface area (Å²) >= 11 is 0. The SMILES string of the molecule is CS(=O)(=O)c1ccc(F)cc1C(=O)O. The molecule has 76 valence electrons. The Labute approximate surface area is 79.9 Å². The van der Waals surface area contributed by atoms with Crippen molar-refractivity contribution in [2.75, 3.05) is 6.26 Å². The summed E-state index contributed by atoms with van der Waals surface area (Å²) in [5, 5.41) is 8.62. The molecular weight excluding hydrogens is 211 g/mol. The summed E-state index contributed by atoms with van der Waals surface area (Å²) in [5.41, 5.74) is -0.549. The summed E-state index contributed by atoms with van der Waals surface area (Å²) in [4.78, 5) is 10.2. The van der Waals surface area contributed by atoms with E-state index < -0.39 is 27.2 Å². The molecule has 0 spiro atoms. The summed E-state index contributed by atoms with van der Waals surface area (Å²) in [6.45, 7) is 0. The highest BCUT2D eigenvalue weighted by Crippen LogP contribution is 2.16. The molecule has 6 heteroatoms. The summed E-state index contributed by atoms with van der Waals surface area (Å²) in [6.07, 6.45) is 0.868. The predicted octanol–water partition coefficient (Wildman–Crippen LogP) is 0.927. The van der Waals surface area contributed by atoms with E-state index in [0.717, 1.165) is 18.4 Å². The van der Waals surface area contributed by atoms with Gasteiger partial charge in [-0.3, -0.25) is 0 Å². The zero-order valence-electron chi connectivity index (χ0n) is 7.19. The topological polar surface area (TPSA) is 71.4 Å². The number of hydrogen-bond donors (Lipinski definition) is 1. The molecule has 1 aromatic rings. The third-order valence-corrected chi connectivity index (χ3v) is 2.73. The highest BCUT2D eigenvalue weighted by atomic mass is 32.2. The molecule has 0 saturated heterocycles. The molecule has 0 amide bonds. The van der Waals surface area contributed by atoms with Gasteiger partial charge in [0.2, 0.25) is 0 Å². The third-order valence-electron chi connectivity index (χ3n) is 1.57. The molecule has 4 nitrogen and oxygen atoms in total. The fraction of sp³-hybridized carbons (Fsp3) is 0.125. The molecule has 0 aliphatic heterocycles. The second kappa shape index (κ2) is 3.38. The number of sulfone groups is 1. The van der Waals surface area contributed by atoms with Gasteiger partial charge in [0.1, 0.15) is 5.82 Å². The van der Waals surface area contributed by atoms with Crippen LogP contribution in [-0.4, -0.2) is 25.7 Å². The van der Waals surface area contributed by atoms with E-state index in [1.54, 1.807) is 0 Å². The van der Waals surface area contributed by atoms with Gasteiger partial charge in [0.15, 0.2) is 9.84 Å². The van der Waals surface area contributed by atoms with Crippen LogP contribution in [0.1, 0.15) is 10.4 Å². The van der Waals surface area contributed by atoms with E-state index in [-0.39, 0.29) is 4.90 Å². The maximum absolute atomic E-state index is 12.6. The lowest BCUT2D eigenvalue weighted by atomic mass is 10.2. The Morgan fingerprint density at radius 3 is 2.43 bits per heavy atom. The summed E-state index contributed by atoms with van der Waals surface area (Å²) < 4.78 is 34.8. The smallest absolute Gasteiger partial charge is 0.337 e. The fourth-order valence-electron chi connectivity index (χ4n) is 0.993. The Kier molecular flexibility index (Phi) is 2.57. The van der Waals surface area contributed by atoms with Crippen LogP contribution in [0, 0.1) is 5.82 Å². The van der Waals surface area contributed by atoms with Crippen LogP contribution in [0.2, 0.25) is 0 Å². The summed E-state index contributed by atoms with van der Waals surface area (Å²) in [7, 11) is -3.64. The largest absolute Gasteiger partial charge is 0.478 e. The monoisotopic (exact) mass is 218 g/mol. The van der Waals surface area contributed by atoms with Gasteiger partial charge in [-0.15, -0.1) is 0 Å². The van der Waals surface area contributed by atoms with E-state index in [9.17, 15) is 17.6 Å². The molecule has 1 aromatic carbocycles. The number of carboxylic acid groups (broad SMARTS) is 1. The lowest BCUT2D eigenvalue weighted by Crippen LogP contribution is -2.07. The minimum atomic E-state index is -3.64. The lowest BCUT2D eigenvalue weighted by Gasteiger charge is -2.02. The van der Waals surface area contributed by atoms with Crippen molar-refractivity contribution in [3.8, 4) is 0 Å². The van der Waals surface area contributed by atoms with E-state index in [1.165, 1.54) is 0 Å². The number of benzene rings is 1. The van der Waals surface area contributed by atoms with Crippen LogP contribution in [0.4, 0.5) is 4.39 Å². The molecule has 0 fully saturated rings. The van der Waals surface area contributed by atoms with E-state index in [0.29, 0.717) is 6.07 Å². The zero-order chi connectivity index (χ0) is 10.9. The molecule has 0 heterocycles. The highest BCUT2D eigenvalue weighted by molar-refractivity contribution is 7.90. The first kappa shape index (κ1) is 10.6. The lowest BCUT2D eigenvalue weighted by molar-refractivity contribution is 0.0692. The molecular formula is C8H7FO4S. The number of carboxylic acids is 1. The fourth-order valence-corrected chi connectivity index (χ4v) is 1.85. The van der Waals surface area contributed by atoms with Crippen LogP contribution in [0.5, 0.6) is 0 Å². The van der Waals surface area contributed by atoms with Crippen LogP contribution >= 0.6 is 0 Å². The summed E-state index contributed by atoms with van der Waals surface area (Å²) in [6, 6.07) is 2.52. The van der Waals surface area contributed by atoms with Gasteiger partial charge in [-0.25, -0.2) is 17.6 Å². The Morgan fingerprint density at radius 1 is 1.43 bits per heavy atom. The second-order valence-electron chi connectivity index (χ2n) is 2.72. The Bertz CT molecular complexity index is 478. The first-order valence-corrected chi connectivity index (χ1v) is 5.44. The number of aromatic carboxylic acids is 1. The molecule has 0 saturated carbocycles. The van der Waals surface area contributed by atoms with Crippen molar-refractivity contribution in [2.45, 2.75) is 4.90 Å². The van der Waals surface area contributed by atoms with Crippen molar-refractivity contribution >= 4 is 15.8 Å². The van der Waals surface area contributed by atoms with Gasteiger partial charge in [-0.1, -0.05) is 0 Å². The van der Waals surface area contributed by atoms with Gasteiger partial charge in [0, 0.05) is 6.26 Å². The Hall–Kier alpha value is -1.43. The zero-order valence-corrected chi connectivity index (χ0v) is 8.01.